The van der Waals surface area contributed by atoms with Crippen LogP contribution in [0.15, 0.2) is 41.8 Å². The van der Waals surface area contributed by atoms with Gasteiger partial charge in [-0.2, -0.15) is 0 Å². The first kappa shape index (κ1) is 18.0. The molecule has 0 saturated carbocycles. The van der Waals surface area contributed by atoms with Gasteiger partial charge in [-0.3, -0.25) is 9.59 Å². The van der Waals surface area contributed by atoms with Crippen LogP contribution in [0, 0.1) is 6.92 Å². The molecule has 0 spiro atoms. The maximum absolute atomic E-state index is 13.2. The Labute approximate surface area is 164 Å². The van der Waals surface area contributed by atoms with E-state index in [1.807, 2.05) is 58.5 Å². The number of piperidine rings is 1. The zero-order chi connectivity index (χ0) is 18.9. The van der Waals surface area contributed by atoms with Crippen LogP contribution in [0.3, 0.4) is 0 Å². The van der Waals surface area contributed by atoms with Gasteiger partial charge in [-0.05, 0) is 55.3 Å². The molecule has 2 aromatic rings. The van der Waals surface area contributed by atoms with Crippen molar-refractivity contribution in [3.05, 3.63) is 52.2 Å². The van der Waals surface area contributed by atoms with E-state index in [0.29, 0.717) is 25.9 Å². The number of likely N-dealkylation sites (tertiary alicyclic amines) is 2. The van der Waals surface area contributed by atoms with Crippen molar-refractivity contribution in [3.8, 4) is 0 Å². The van der Waals surface area contributed by atoms with E-state index < -0.39 is 5.54 Å². The summed E-state index contributed by atoms with van der Waals surface area (Å²) in [6.07, 6.45) is 2.34. The molecule has 6 heteroatoms. The fourth-order valence-corrected chi connectivity index (χ4v) is 4.73. The normalized spacial score (nSPS) is 18.7. The zero-order valence-electron chi connectivity index (χ0n) is 15.6. The number of carbonyl (C=O) groups is 2. The highest BCUT2D eigenvalue weighted by atomic mass is 32.1. The van der Waals surface area contributed by atoms with Gasteiger partial charge in [0.2, 0.25) is 5.91 Å². The van der Waals surface area contributed by atoms with Gasteiger partial charge in [0.1, 0.15) is 5.54 Å². The Bertz CT molecular complexity index is 821. The van der Waals surface area contributed by atoms with Gasteiger partial charge in [0.15, 0.2) is 0 Å². The monoisotopic (exact) mass is 383 g/mol. The van der Waals surface area contributed by atoms with Gasteiger partial charge < -0.3 is 15.1 Å². The molecule has 2 amide bonds. The number of hydrogen-bond donors (Lipinski definition) is 1. The number of benzene rings is 1. The third kappa shape index (κ3) is 3.46. The minimum atomic E-state index is -0.622. The molecule has 1 aromatic carbocycles. The Morgan fingerprint density at radius 3 is 2.26 bits per heavy atom. The standard InChI is InChI=1S/C21H25N3O2S/c1-16-8-15-27-18(16)19(25)23-13-9-21(10-14-23,20(26)24-11-5-12-24)22-17-6-3-2-4-7-17/h2-4,6-8,15,22H,5,9-14H2,1H3. The quantitative estimate of drug-likeness (QED) is 0.881. The van der Waals surface area contributed by atoms with E-state index in [9.17, 15) is 9.59 Å². The van der Waals surface area contributed by atoms with Crippen LogP contribution in [0.2, 0.25) is 0 Å². The first-order chi connectivity index (χ1) is 13.1. The maximum atomic E-state index is 13.2. The molecule has 27 heavy (non-hydrogen) atoms. The molecule has 2 aliphatic heterocycles. The summed E-state index contributed by atoms with van der Waals surface area (Å²) in [4.78, 5) is 30.7. The molecule has 142 valence electrons. The third-order valence-corrected chi connectivity index (χ3v) is 6.68. The number of amides is 2. The van der Waals surface area contributed by atoms with Crippen LogP contribution in [0.1, 0.15) is 34.5 Å². The van der Waals surface area contributed by atoms with E-state index in [1.165, 1.54) is 11.3 Å². The topological polar surface area (TPSA) is 52.7 Å². The highest BCUT2D eigenvalue weighted by Crippen LogP contribution is 2.32. The number of nitrogens with zero attached hydrogens (tertiary/aromatic N) is 2. The lowest BCUT2D eigenvalue weighted by Gasteiger charge is -2.46. The summed E-state index contributed by atoms with van der Waals surface area (Å²) in [7, 11) is 0. The van der Waals surface area contributed by atoms with Crippen molar-refractivity contribution in [2.75, 3.05) is 31.5 Å². The Morgan fingerprint density at radius 1 is 1.00 bits per heavy atom. The molecule has 2 saturated heterocycles. The van der Waals surface area contributed by atoms with E-state index in [0.717, 1.165) is 35.6 Å². The summed E-state index contributed by atoms with van der Waals surface area (Å²) >= 11 is 1.50. The average molecular weight is 384 g/mol. The van der Waals surface area contributed by atoms with Crippen molar-refractivity contribution in [2.24, 2.45) is 0 Å². The predicted octanol–water partition coefficient (Wildman–Crippen LogP) is 3.38. The van der Waals surface area contributed by atoms with Crippen LogP contribution in [0.25, 0.3) is 0 Å². The highest BCUT2D eigenvalue weighted by molar-refractivity contribution is 7.12. The molecule has 1 aromatic heterocycles. The van der Waals surface area contributed by atoms with Crippen LogP contribution in [0.5, 0.6) is 0 Å². The smallest absolute Gasteiger partial charge is 0.264 e. The first-order valence-electron chi connectivity index (χ1n) is 9.55. The zero-order valence-corrected chi connectivity index (χ0v) is 16.4. The number of nitrogens with one attached hydrogen (secondary N) is 1. The highest BCUT2D eigenvalue weighted by Gasteiger charge is 2.45. The molecule has 0 unspecified atom stereocenters. The molecule has 0 bridgehead atoms. The van der Waals surface area contributed by atoms with Crippen LogP contribution in [-0.2, 0) is 4.79 Å². The molecule has 0 radical (unpaired) electrons. The fraction of sp³-hybridized carbons (Fsp3) is 0.429. The molecule has 0 aliphatic carbocycles. The number of aryl methyl sites for hydroxylation is 1. The summed E-state index contributed by atoms with van der Waals surface area (Å²) in [5, 5.41) is 5.48. The summed E-state index contributed by atoms with van der Waals surface area (Å²) in [5.41, 5.74) is 1.37. The molecule has 1 N–H and O–H groups in total. The Morgan fingerprint density at radius 2 is 1.70 bits per heavy atom. The lowest BCUT2D eigenvalue weighted by molar-refractivity contribution is -0.141. The van der Waals surface area contributed by atoms with E-state index in [2.05, 4.69) is 5.32 Å². The third-order valence-electron chi connectivity index (χ3n) is 5.67. The van der Waals surface area contributed by atoms with Gasteiger partial charge >= 0.3 is 0 Å². The number of carbonyl (C=O) groups excluding carboxylic acids is 2. The van der Waals surface area contributed by atoms with Gasteiger partial charge in [-0.15, -0.1) is 11.3 Å². The van der Waals surface area contributed by atoms with Crippen molar-refractivity contribution < 1.29 is 9.59 Å². The first-order valence-corrected chi connectivity index (χ1v) is 10.4. The predicted molar refractivity (Wildman–Crippen MR) is 108 cm³/mol. The van der Waals surface area contributed by atoms with Gasteiger partial charge in [0, 0.05) is 31.9 Å². The maximum Gasteiger partial charge on any atom is 0.264 e. The van der Waals surface area contributed by atoms with Crippen molar-refractivity contribution in [2.45, 2.75) is 31.7 Å². The van der Waals surface area contributed by atoms with Gasteiger partial charge in [0.25, 0.3) is 5.91 Å². The number of anilines is 1. The van der Waals surface area contributed by atoms with Gasteiger partial charge in [-0.1, -0.05) is 18.2 Å². The van der Waals surface area contributed by atoms with Gasteiger partial charge in [-0.25, -0.2) is 0 Å². The lowest BCUT2D eigenvalue weighted by Crippen LogP contribution is -2.62. The molecular formula is C21H25N3O2S. The molecule has 3 heterocycles. The number of thiophene rings is 1. The van der Waals surface area contributed by atoms with E-state index in [4.69, 9.17) is 0 Å². The lowest BCUT2D eigenvalue weighted by atomic mass is 9.84. The molecule has 2 fully saturated rings. The van der Waals surface area contributed by atoms with Crippen LogP contribution in [0.4, 0.5) is 5.69 Å². The Kier molecular flexibility index (Phi) is 4.91. The molecule has 2 aliphatic rings. The van der Waals surface area contributed by atoms with E-state index >= 15 is 0 Å². The molecule has 4 rings (SSSR count). The van der Waals surface area contributed by atoms with E-state index in [1.54, 1.807) is 0 Å². The number of hydrogen-bond acceptors (Lipinski definition) is 4. The average Bonchev–Trinajstić information content (AvgIpc) is 3.07. The second kappa shape index (κ2) is 7.35. The molecule has 5 nitrogen and oxygen atoms in total. The van der Waals surface area contributed by atoms with Crippen molar-refractivity contribution in [1.29, 1.82) is 0 Å². The summed E-state index contributed by atoms with van der Waals surface area (Å²) in [6, 6.07) is 11.9. The Balaban J connectivity index is 1.52. The van der Waals surface area contributed by atoms with E-state index in [-0.39, 0.29) is 11.8 Å². The molecular weight excluding hydrogens is 358 g/mol. The largest absolute Gasteiger partial charge is 0.371 e. The summed E-state index contributed by atoms with van der Waals surface area (Å²) < 4.78 is 0. The van der Waals surface area contributed by atoms with Crippen molar-refractivity contribution >= 4 is 28.8 Å². The van der Waals surface area contributed by atoms with Crippen molar-refractivity contribution in [1.82, 2.24) is 9.80 Å². The minimum Gasteiger partial charge on any atom is -0.371 e. The van der Waals surface area contributed by atoms with Crippen LogP contribution in [-0.4, -0.2) is 53.3 Å². The summed E-state index contributed by atoms with van der Waals surface area (Å²) in [5.74, 6) is 0.268. The SMILES string of the molecule is Cc1ccsc1C(=O)N1CCC(Nc2ccccc2)(C(=O)N2CCC2)CC1. The van der Waals surface area contributed by atoms with Gasteiger partial charge in [0.05, 0.1) is 4.88 Å². The fourth-order valence-electron chi connectivity index (χ4n) is 3.84. The summed E-state index contributed by atoms with van der Waals surface area (Å²) in [6.45, 7) is 4.84. The minimum absolute atomic E-state index is 0.0900. The van der Waals surface area contributed by atoms with Crippen LogP contribution >= 0.6 is 11.3 Å². The Hall–Kier alpha value is -2.34. The molecule has 0 atom stereocenters. The second-order valence-corrected chi connectivity index (χ2v) is 8.36. The number of rotatable bonds is 4. The number of para-hydroxylation sites is 1. The second-order valence-electron chi connectivity index (χ2n) is 7.44. The van der Waals surface area contributed by atoms with Crippen LogP contribution < -0.4 is 5.32 Å². The van der Waals surface area contributed by atoms with Crippen molar-refractivity contribution in [3.63, 3.8) is 0 Å².